The average Bonchev–Trinajstić information content (AvgIpc) is 2.51. The standard InChI is InChI=1S/C17H20ClFN2/c18-15-9-10-17(19)14(11-15)12-16(21-20)8-4-7-13-5-2-1-3-6-13/h1-3,5-6,9-11,16,21H,4,7-8,12,20H2. The van der Waals surface area contributed by atoms with Crippen LogP contribution >= 0.6 is 11.6 Å². The lowest BCUT2D eigenvalue weighted by Crippen LogP contribution is -2.37. The number of nitrogens with two attached hydrogens (primary N) is 1. The Morgan fingerprint density at radius 2 is 1.90 bits per heavy atom. The Morgan fingerprint density at radius 3 is 2.62 bits per heavy atom. The highest BCUT2D eigenvalue weighted by atomic mass is 35.5. The minimum Gasteiger partial charge on any atom is -0.271 e. The fourth-order valence-corrected chi connectivity index (χ4v) is 2.60. The van der Waals surface area contributed by atoms with E-state index in [4.69, 9.17) is 17.4 Å². The molecule has 3 N–H and O–H groups in total. The zero-order chi connectivity index (χ0) is 15.1. The molecule has 0 saturated heterocycles. The van der Waals surface area contributed by atoms with Crippen molar-refractivity contribution in [1.82, 2.24) is 5.43 Å². The predicted octanol–water partition coefficient (Wildman–Crippen LogP) is 3.88. The third-order valence-electron chi connectivity index (χ3n) is 3.57. The zero-order valence-electron chi connectivity index (χ0n) is 11.9. The first-order chi connectivity index (χ1) is 10.2. The van der Waals surface area contributed by atoms with E-state index in [1.165, 1.54) is 11.6 Å². The van der Waals surface area contributed by atoms with Crippen molar-refractivity contribution in [3.63, 3.8) is 0 Å². The number of aryl methyl sites for hydroxylation is 1. The van der Waals surface area contributed by atoms with Gasteiger partial charge in [-0.3, -0.25) is 11.3 Å². The number of benzene rings is 2. The molecule has 21 heavy (non-hydrogen) atoms. The molecule has 112 valence electrons. The first kappa shape index (κ1) is 16.0. The normalized spacial score (nSPS) is 12.3. The first-order valence-electron chi connectivity index (χ1n) is 7.13. The van der Waals surface area contributed by atoms with Crippen molar-refractivity contribution in [1.29, 1.82) is 0 Å². The molecule has 1 unspecified atom stereocenters. The molecule has 0 aliphatic rings. The van der Waals surface area contributed by atoms with E-state index in [1.54, 1.807) is 12.1 Å². The highest BCUT2D eigenvalue weighted by Crippen LogP contribution is 2.18. The minimum absolute atomic E-state index is 0.0432. The number of hydrazine groups is 1. The number of halogens is 2. The second-order valence-electron chi connectivity index (χ2n) is 5.18. The molecule has 0 aliphatic heterocycles. The van der Waals surface area contributed by atoms with Crippen LogP contribution in [0.15, 0.2) is 48.5 Å². The zero-order valence-corrected chi connectivity index (χ0v) is 12.6. The van der Waals surface area contributed by atoms with Crippen LogP contribution in [0.25, 0.3) is 0 Å². The smallest absolute Gasteiger partial charge is 0.126 e. The molecule has 4 heteroatoms. The maximum Gasteiger partial charge on any atom is 0.126 e. The largest absolute Gasteiger partial charge is 0.271 e. The quantitative estimate of drug-likeness (QED) is 0.602. The van der Waals surface area contributed by atoms with E-state index in [-0.39, 0.29) is 11.9 Å². The Labute approximate surface area is 130 Å². The fourth-order valence-electron chi connectivity index (χ4n) is 2.41. The summed E-state index contributed by atoms with van der Waals surface area (Å²) in [6.45, 7) is 0. The molecule has 0 radical (unpaired) electrons. The lowest BCUT2D eigenvalue weighted by molar-refractivity contribution is 0.467. The molecular formula is C17H20ClFN2. The molecule has 2 aromatic rings. The van der Waals surface area contributed by atoms with Crippen molar-refractivity contribution in [2.45, 2.75) is 31.7 Å². The molecule has 0 fully saturated rings. The van der Waals surface area contributed by atoms with E-state index >= 15 is 0 Å². The molecule has 2 aromatic carbocycles. The fraction of sp³-hybridized carbons (Fsp3) is 0.294. The summed E-state index contributed by atoms with van der Waals surface area (Å²) in [6, 6.07) is 15.0. The van der Waals surface area contributed by atoms with Crippen LogP contribution in [-0.4, -0.2) is 6.04 Å². The maximum absolute atomic E-state index is 13.7. The van der Waals surface area contributed by atoms with Gasteiger partial charge in [0.1, 0.15) is 5.82 Å². The molecule has 0 aromatic heterocycles. The van der Waals surface area contributed by atoms with Gasteiger partial charge >= 0.3 is 0 Å². The molecule has 0 aliphatic carbocycles. The van der Waals surface area contributed by atoms with Gasteiger partial charge in [-0.1, -0.05) is 41.9 Å². The number of nitrogens with one attached hydrogen (secondary N) is 1. The summed E-state index contributed by atoms with van der Waals surface area (Å²) in [5.41, 5.74) is 4.68. The van der Waals surface area contributed by atoms with Gasteiger partial charge in [-0.05, 0) is 55.0 Å². The number of rotatable bonds is 7. The van der Waals surface area contributed by atoms with Crippen molar-refractivity contribution >= 4 is 11.6 Å². The molecule has 2 nitrogen and oxygen atoms in total. The van der Waals surface area contributed by atoms with E-state index in [0.717, 1.165) is 19.3 Å². The van der Waals surface area contributed by atoms with Crippen molar-refractivity contribution in [3.05, 3.63) is 70.5 Å². The summed E-state index contributed by atoms with van der Waals surface area (Å²) < 4.78 is 13.7. The highest BCUT2D eigenvalue weighted by Gasteiger charge is 2.11. The van der Waals surface area contributed by atoms with E-state index in [0.29, 0.717) is 17.0 Å². The lowest BCUT2D eigenvalue weighted by atomic mass is 9.99. The predicted molar refractivity (Wildman–Crippen MR) is 85.6 cm³/mol. The van der Waals surface area contributed by atoms with Gasteiger partial charge in [0.2, 0.25) is 0 Å². The van der Waals surface area contributed by atoms with Crippen molar-refractivity contribution in [2.24, 2.45) is 5.84 Å². The summed E-state index contributed by atoms with van der Waals surface area (Å²) in [5.74, 6) is 5.35. The molecule has 1 atom stereocenters. The van der Waals surface area contributed by atoms with Crippen LogP contribution in [0.1, 0.15) is 24.0 Å². The maximum atomic E-state index is 13.7. The van der Waals surface area contributed by atoms with Crippen molar-refractivity contribution in [3.8, 4) is 0 Å². The SMILES string of the molecule is NNC(CCCc1ccccc1)Cc1cc(Cl)ccc1F. The Hall–Kier alpha value is -1.42. The molecule has 0 spiro atoms. The summed E-state index contributed by atoms with van der Waals surface area (Å²) in [4.78, 5) is 0. The van der Waals surface area contributed by atoms with E-state index < -0.39 is 0 Å². The number of hydrogen-bond donors (Lipinski definition) is 2. The van der Waals surface area contributed by atoms with Crippen LogP contribution in [-0.2, 0) is 12.8 Å². The highest BCUT2D eigenvalue weighted by molar-refractivity contribution is 6.30. The average molecular weight is 307 g/mol. The van der Waals surface area contributed by atoms with Gasteiger partial charge in [-0.2, -0.15) is 0 Å². The second kappa shape index (κ2) is 8.13. The molecule has 0 bridgehead atoms. The molecule has 0 amide bonds. The van der Waals surface area contributed by atoms with Crippen LogP contribution < -0.4 is 11.3 Å². The van der Waals surface area contributed by atoms with E-state index in [2.05, 4.69) is 17.6 Å². The van der Waals surface area contributed by atoms with Crippen LogP contribution in [0.2, 0.25) is 5.02 Å². The summed E-state index contributed by atoms with van der Waals surface area (Å²) >= 11 is 5.91. The third-order valence-corrected chi connectivity index (χ3v) is 3.81. The van der Waals surface area contributed by atoms with Gasteiger partial charge in [-0.15, -0.1) is 0 Å². The van der Waals surface area contributed by atoms with Gasteiger partial charge in [0.25, 0.3) is 0 Å². The topological polar surface area (TPSA) is 38.0 Å². The van der Waals surface area contributed by atoms with Gasteiger partial charge in [-0.25, -0.2) is 4.39 Å². The van der Waals surface area contributed by atoms with E-state index in [1.807, 2.05) is 18.2 Å². The molecular weight excluding hydrogens is 287 g/mol. The van der Waals surface area contributed by atoms with Crippen LogP contribution in [0.4, 0.5) is 4.39 Å². The summed E-state index contributed by atoms with van der Waals surface area (Å²) in [6.07, 6.45) is 3.42. The molecule has 0 heterocycles. The first-order valence-corrected chi connectivity index (χ1v) is 7.51. The second-order valence-corrected chi connectivity index (χ2v) is 5.62. The Balaban J connectivity index is 1.87. The molecule has 0 saturated carbocycles. The summed E-state index contributed by atoms with van der Waals surface area (Å²) in [5, 5.41) is 0.548. The van der Waals surface area contributed by atoms with Gasteiger partial charge in [0, 0.05) is 11.1 Å². The number of hydrogen-bond acceptors (Lipinski definition) is 2. The van der Waals surface area contributed by atoms with Gasteiger partial charge in [0.05, 0.1) is 0 Å². The van der Waals surface area contributed by atoms with Gasteiger partial charge in [0.15, 0.2) is 0 Å². The molecule has 2 rings (SSSR count). The Kier molecular flexibility index (Phi) is 6.18. The summed E-state index contributed by atoms with van der Waals surface area (Å²) in [7, 11) is 0. The van der Waals surface area contributed by atoms with Crippen LogP contribution in [0.3, 0.4) is 0 Å². The van der Waals surface area contributed by atoms with Crippen molar-refractivity contribution in [2.75, 3.05) is 0 Å². The Bertz CT molecular complexity index is 560. The minimum atomic E-state index is -0.234. The van der Waals surface area contributed by atoms with Crippen LogP contribution in [0, 0.1) is 5.82 Å². The van der Waals surface area contributed by atoms with Crippen LogP contribution in [0.5, 0.6) is 0 Å². The monoisotopic (exact) mass is 306 g/mol. The van der Waals surface area contributed by atoms with E-state index in [9.17, 15) is 4.39 Å². The third kappa shape index (κ3) is 5.12. The lowest BCUT2D eigenvalue weighted by Gasteiger charge is -2.16. The van der Waals surface area contributed by atoms with Crippen molar-refractivity contribution < 1.29 is 4.39 Å². The van der Waals surface area contributed by atoms with Gasteiger partial charge < -0.3 is 0 Å². The Morgan fingerprint density at radius 1 is 1.14 bits per heavy atom.